The van der Waals surface area contributed by atoms with Crippen LogP contribution in [0.3, 0.4) is 0 Å². The minimum atomic E-state index is -4.51. The van der Waals surface area contributed by atoms with Crippen molar-refractivity contribution in [2.45, 2.75) is 51.9 Å². The van der Waals surface area contributed by atoms with E-state index in [4.69, 9.17) is 5.73 Å². The predicted molar refractivity (Wildman–Crippen MR) is 130 cm³/mol. The number of hydrogen-bond donors (Lipinski definition) is 1. The average molecular weight is 500 g/mol. The first-order valence-electron chi connectivity index (χ1n) is 11.8. The third-order valence-electron chi connectivity index (χ3n) is 6.18. The molecular formula is C26H28F3N5O2. The summed E-state index contributed by atoms with van der Waals surface area (Å²) in [5.41, 5.74) is 7.00. The maximum Gasteiger partial charge on any atom is 0.417 e. The van der Waals surface area contributed by atoms with E-state index in [1.54, 1.807) is 23.1 Å². The summed E-state index contributed by atoms with van der Waals surface area (Å²) in [6.07, 6.45) is -1.12. The Labute approximate surface area is 207 Å². The molecule has 0 unspecified atom stereocenters. The number of aryl methyl sites for hydroxylation is 1. The van der Waals surface area contributed by atoms with Crippen LogP contribution in [-0.2, 0) is 17.5 Å². The average Bonchev–Trinajstić information content (AvgIpc) is 3.67. The van der Waals surface area contributed by atoms with Gasteiger partial charge in [0.1, 0.15) is 12.4 Å². The van der Waals surface area contributed by atoms with Gasteiger partial charge in [-0.25, -0.2) is 4.98 Å². The van der Waals surface area contributed by atoms with Gasteiger partial charge >= 0.3 is 6.18 Å². The number of nitrogen functional groups attached to an aromatic ring is 1. The monoisotopic (exact) mass is 499 g/mol. The van der Waals surface area contributed by atoms with Crippen LogP contribution in [0.1, 0.15) is 53.4 Å². The Balaban J connectivity index is 1.63. The summed E-state index contributed by atoms with van der Waals surface area (Å²) >= 11 is 0. The van der Waals surface area contributed by atoms with E-state index in [0.29, 0.717) is 23.4 Å². The molecule has 1 aliphatic carbocycles. The highest BCUT2D eigenvalue weighted by atomic mass is 19.4. The number of hydrogen-bond acceptors (Lipinski definition) is 5. The smallest absolute Gasteiger partial charge is 0.383 e. The van der Waals surface area contributed by atoms with E-state index in [2.05, 4.69) is 9.97 Å². The van der Waals surface area contributed by atoms with Crippen molar-refractivity contribution >= 4 is 28.5 Å². The second-order valence-corrected chi connectivity index (χ2v) is 9.11. The van der Waals surface area contributed by atoms with Crippen molar-refractivity contribution in [3.05, 3.63) is 65.0 Å². The molecule has 3 aromatic rings. The predicted octanol–water partition coefficient (Wildman–Crippen LogP) is 4.58. The number of benzene rings is 1. The Morgan fingerprint density at radius 2 is 1.89 bits per heavy atom. The molecule has 1 aromatic carbocycles. The number of anilines is 1. The maximum atomic E-state index is 13.6. The topological polar surface area (TPSA) is 92.4 Å². The number of pyridine rings is 2. The summed E-state index contributed by atoms with van der Waals surface area (Å²) in [5.74, 6) is -0.211. The zero-order valence-electron chi connectivity index (χ0n) is 20.2. The number of amides is 2. The van der Waals surface area contributed by atoms with Crippen LogP contribution in [-0.4, -0.2) is 50.7 Å². The van der Waals surface area contributed by atoms with Gasteiger partial charge in [-0.3, -0.25) is 14.6 Å². The van der Waals surface area contributed by atoms with E-state index in [9.17, 15) is 22.8 Å². The van der Waals surface area contributed by atoms with E-state index in [0.717, 1.165) is 42.5 Å². The second-order valence-electron chi connectivity index (χ2n) is 9.11. The Morgan fingerprint density at radius 1 is 1.14 bits per heavy atom. The van der Waals surface area contributed by atoms with Crippen LogP contribution in [0.2, 0.25) is 0 Å². The van der Waals surface area contributed by atoms with Crippen molar-refractivity contribution in [3.63, 3.8) is 0 Å². The lowest BCUT2D eigenvalue weighted by Gasteiger charge is -2.27. The standard InChI is InChI=1S/C26H28F3N5O2/c1-3-10-34(21-7-8-21)23(35)15-33(14-20-6-5-19(13-31-20)26(27,28)29)25(36)17-4-9-22-18(12-17)11-16(2)24(30)32-22/h4-6,9,11-13,21H,3,7-8,10,14-15H2,1-2H3,(H2,30,32). The van der Waals surface area contributed by atoms with Crippen LogP contribution in [0.25, 0.3) is 10.9 Å². The minimum absolute atomic E-state index is 0.107. The first kappa shape index (κ1) is 25.4. The normalized spacial score (nSPS) is 13.6. The van der Waals surface area contributed by atoms with Crippen molar-refractivity contribution in [2.75, 3.05) is 18.8 Å². The molecule has 0 radical (unpaired) electrons. The molecule has 1 saturated carbocycles. The number of carbonyl (C=O) groups excluding carboxylic acids is 2. The van der Waals surface area contributed by atoms with Crippen molar-refractivity contribution in [2.24, 2.45) is 0 Å². The summed E-state index contributed by atoms with van der Waals surface area (Å²) in [6.45, 7) is 4.08. The summed E-state index contributed by atoms with van der Waals surface area (Å²) in [7, 11) is 0. The highest BCUT2D eigenvalue weighted by molar-refractivity contribution is 5.99. The van der Waals surface area contributed by atoms with Gasteiger partial charge in [-0.2, -0.15) is 13.2 Å². The van der Waals surface area contributed by atoms with Crippen LogP contribution < -0.4 is 5.73 Å². The quantitative estimate of drug-likeness (QED) is 0.490. The Morgan fingerprint density at radius 3 is 2.50 bits per heavy atom. The van der Waals surface area contributed by atoms with E-state index >= 15 is 0 Å². The van der Waals surface area contributed by atoms with Crippen LogP contribution in [0.15, 0.2) is 42.6 Å². The summed E-state index contributed by atoms with van der Waals surface area (Å²) < 4.78 is 38.9. The third kappa shape index (κ3) is 5.75. The number of alkyl halides is 3. The number of halogens is 3. The molecule has 2 aromatic heterocycles. The molecule has 1 aliphatic rings. The Hall–Kier alpha value is -3.69. The molecule has 2 heterocycles. The van der Waals surface area contributed by atoms with Crippen molar-refractivity contribution in [1.29, 1.82) is 0 Å². The zero-order valence-corrected chi connectivity index (χ0v) is 20.2. The van der Waals surface area contributed by atoms with Crippen LogP contribution in [0, 0.1) is 6.92 Å². The largest absolute Gasteiger partial charge is 0.417 e. The molecule has 4 rings (SSSR count). The molecule has 0 aliphatic heterocycles. The van der Waals surface area contributed by atoms with E-state index in [1.165, 1.54) is 11.0 Å². The van der Waals surface area contributed by atoms with Gasteiger partial charge in [-0.15, -0.1) is 0 Å². The number of carbonyl (C=O) groups is 2. The van der Waals surface area contributed by atoms with Gasteiger partial charge in [-0.05, 0) is 68.1 Å². The van der Waals surface area contributed by atoms with E-state index < -0.39 is 17.6 Å². The molecular weight excluding hydrogens is 471 g/mol. The van der Waals surface area contributed by atoms with Crippen LogP contribution >= 0.6 is 0 Å². The Bertz CT molecular complexity index is 1270. The lowest BCUT2D eigenvalue weighted by Crippen LogP contribution is -2.44. The first-order chi connectivity index (χ1) is 17.1. The van der Waals surface area contributed by atoms with Gasteiger partial charge in [0.05, 0.1) is 23.3 Å². The number of aromatic nitrogens is 2. The van der Waals surface area contributed by atoms with Gasteiger partial charge in [0.25, 0.3) is 5.91 Å². The highest BCUT2D eigenvalue weighted by Gasteiger charge is 2.34. The summed E-state index contributed by atoms with van der Waals surface area (Å²) in [6, 6.07) is 9.14. The molecule has 1 fully saturated rings. The summed E-state index contributed by atoms with van der Waals surface area (Å²) in [4.78, 5) is 38.1. The molecule has 2 N–H and O–H groups in total. The number of rotatable bonds is 8. The molecule has 7 nitrogen and oxygen atoms in total. The fourth-order valence-electron chi connectivity index (χ4n) is 4.09. The SMILES string of the molecule is CCCN(C(=O)CN(Cc1ccc(C(F)(F)F)cn1)C(=O)c1ccc2nc(N)c(C)cc2c1)C1CC1. The number of nitrogens with two attached hydrogens (primary N) is 1. The number of nitrogens with zero attached hydrogens (tertiary/aromatic N) is 4. The molecule has 36 heavy (non-hydrogen) atoms. The van der Waals surface area contributed by atoms with E-state index in [1.807, 2.05) is 19.9 Å². The van der Waals surface area contributed by atoms with Gasteiger partial charge < -0.3 is 15.5 Å². The van der Waals surface area contributed by atoms with E-state index in [-0.39, 0.29) is 30.7 Å². The number of fused-ring (bicyclic) bond motifs is 1. The molecule has 0 atom stereocenters. The Kier molecular flexibility index (Phi) is 7.14. The molecule has 10 heteroatoms. The fraction of sp³-hybridized carbons (Fsp3) is 0.385. The lowest BCUT2D eigenvalue weighted by atomic mass is 10.1. The zero-order chi connectivity index (χ0) is 26.0. The molecule has 0 bridgehead atoms. The van der Waals surface area contributed by atoms with Crippen molar-refractivity contribution in [1.82, 2.24) is 19.8 Å². The van der Waals surface area contributed by atoms with Crippen LogP contribution in [0.5, 0.6) is 0 Å². The molecule has 0 spiro atoms. The van der Waals surface area contributed by atoms with Gasteiger partial charge in [-0.1, -0.05) is 6.92 Å². The van der Waals surface area contributed by atoms with Gasteiger partial charge in [0.15, 0.2) is 0 Å². The molecule has 2 amide bonds. The minimum Gasteiger partial charge on any atom is -0.383 e. The second kappa shape index (κ2) is 10.1. The summed E-state index contributed by atoms with van der Waals surface area (Å²) in [5, 5.41) is 0.720. The maximum absolute atomic E-state index is 13.6. The van der Waals surface area contributed by atoms with Gasteiger partial charge in [0.2, 0.25) is 5.91 Å². The first-order valence-corrected chi connectivity index (χ1v) is 11.8. The van der Waals surface area contributed by atoms with Crippen molar-refractivity contribution < 1.29 is 22.8 Å². The van der Waals surface area contributed by atoms with Gasteiger partial charge in [0, 0.05) is 29.7 Å². The highest BCUT2D eigenvalue weighted by Crippen LogP contribution is 2.29. The third-order valence-corrected chi connectivity index (χ3v) is 6.18. The lowest BCUT2D eigenvalue weighted by molar-refractivity contribution is -0.137. The molecule has 190 valence electrons. The molecule has 0 saturated heterocycles. The fourth-order valence-corrected chi connectivity index (χ4v) is 4.09. The van der Waals surface area contributed by atoms with Crippen molar-refractivity contribution in [3.8, 4) is 0 Å². The van der Waals surface area contributed by atoms with Crippen LogP contribution in [0.4, 0.5) is 19.0 Å².